The van der Waals surface area contributed by atoms with Crippen LogP contribution in [0.15, 0.2) is 47.2 Å². The second-order valence-electron chi connectivity index (χ2n) is 5.75. The fourth-order valence-electron chi connectivity index (χ4n) is 2.83. The van der Waals surface area contributed by atoms with Gasteiger partial charge in [0.25, 0.3) is 0 Å². The van der Waals surface area contributed by atoms with Crippen LogP contribution in [0.25, 0.3) is 16.6 Å². The minimum Gasteiger partial charge on any atom is -0.452 e. The number of rotatable bonds is 3. The van der Waals surface area contributed by atoms with Crippen LogP contribution >= 0.6 is 0 Å². The van der Waals surface area contributed by atoms with Crippen LogP contribution in [0.3, 0.4) is 0 Å². The standard InChI is InChI=1S/C18H15FN4O2/c1-10-18(11(2)25-22-10)12-7-17(15-5-6-21-23(15)9-12)24-16-4-3-13(20)8-14(16)19/h3-9H,20H2,1-2H3. The van der Waals surface area contributed by atoms with Crippen LogP contribution in [0.4, 0.5) is 10.1 Å². The van der Waals surface area contributed by atoms with Gasteiger partial charge >= 0.3 is 0 Å². The number of aryl methyl sites for hydroxylation is 2. The highest BCUT2D eigenvalue weighted by Gasteiger charge is 2.16. The van der Waals surface area contributed by atoms with E-state index in [4.69, 9.17) is 15.0 Å². The van der Waals surface area contributed by atoms with Crippen LogP contribution in [0.5, 0.6) is 11.5 Å². The van der Waals surface area contributed by atoms with Gasteiger partial charge in [-0.05, 0) is 38.1 Å². The van der Waals surface area contributed by atoms with Gasteiger partial charge in [-0.15, -0.1) is 0 Å². The third-order valence-electron chi connectivity index (χ3n) is 3.97. The summed E-state index contributed by atoms with van der Waals surface area (Å²) in [5, 5.41) is 8.24. The molecule has 0 saturated carbocycles. The Balaban J connectivity index is 1.87. The Morgan fingerprint density at radius 2 is 2.00 bits per heavy atom. The Morgan fingerprint density at radius 3 is 2.72 bits per heavy atom. The van der Waals surface area contributed by atoms with Crippen molar-refractivity contribution in [1.82, 2.24) is 14.8 Å². The molecule has 4 rings (SSSR count). The van der Waals surface area contributed by atoms with E-state index in [-0.39, 0.29) is 5.75 Å². The summed E-state index contributed by atoms with van der Waals surface area (Å²) in [5.41, 5.74) is 9.08. The third-order valence-corrected chi connectivity index (χ3v) is 3.97. The Morgan fingerprint density at radius 1 is 1.16 bits per heavy atom. The summed E-state index contributed by atoms with van der Waals surface area (Å²) in [6.07, 6.45) is 3.51. The molecule has 0 amide bonds. The second-order valence-corrected chi connectivity index (χ2v) is 5.75. The molecule has 25 heavy (non-hydrogen) atoms. The Hall–Kier alpha value is -3.35. The topological polar surface area (TPSA) is 78.6 Å². The molecule has 0 fully saturated rings. The largest absolute Gasteiger partial charge is 0.452 e. The summed E-state index contributed by atoms with van der Waals surface area (Å²) in [6.45, 7) is 3.70. The molecule has 0 unspecified atom stereocenters. The van der Waals surface area contributed by atoms with Gasteiger partial charge in [-0.1, -0.05) is 5.16 Å². The maximum Gasteiger partial charge on any atom is 0.167 e. The van der Waals surface area contributed by atoms with Crippen molar-refractivity contribution in [3.05, 3.63) is 60.0 Å². The first kappa shape index (κ1) is 15.2. The molecule has 0 aliphatic carbocycles. The van der Waals surface area contributed by atoms with E-state index in [1.807, 2.05) is 26.1 Å². The molecule has 126 valence electrons. The van der Waals surface area contributed by atoms with Crippen LogP contribution in [-0.4, -0.2) is 14.8 Å². The first-order valence-corrected chi connectivity index (χ1v) is 7.66. The zero-order valence-electron chi connectivity index (χ0n) is 13.7. The van der Waals surface area contributed by atoms with Gasteiger partial charge in [0, 0.05) is 29.1 Å². The molecule has 3 aromatic heterocycles. The number of hydrogen-bond acceptors (Lipinski definition) is 5. The van der Waals surface area contributed by atoms with E-state index in [1.165, 1.54) is 12.1 Å². The van der Waals surface area contributed by atoms with Crippen LogP contribution in [0.2, 0.25) is 0 Å². The zero-order chi connectivity index (χ0) is 17.6. The molecule has 0 bridgehead atoms. The van der Waals surface area contributed by atoms with E-state index >= 15 is 0 Å². The van der Waals surface area contributed by atoms with Crippen molar-refractivity contribution in [2.45, 2.75) is 13.8 Å². The van der Waals surface area contributed by atoms with Gasteiger partial charge < -0.3 is 15.0 Å². The number of benzene rings is 1. The van der Waals surface area contributed by atoms with Crippen LogP contribution in [-0.2, 0) is 0 Å². The van der Waals surface area contributed by atoms with Gasteiger partial charge in [0.05, 0.1) is 11.9 Å². The molecular formula is C18H15FN4O2. The predicted octanol–water partition coefficient (Wildman–Crippen LogP) is 4.12. The van der Waals surface area contributed by atoms with Crippen molar-refractivity contribution < 1.29 is 13.7 Å². The first-order chi connectivity index (χ1) is 12.0. The molecule has 1 aromatic carbocycles. The third kappa shape index (κ3) is 2.59. The lowest BCUT2D eigenvalue weighted by atomic mass is 10.1. The van der Waals surface area contributed by atoms with Gasteiger partial charge in [-0.2, -0.15) is 5.10 Å². The number of halogens is 1. The number of nitrogens with zero attached hydrogens (tertiary/aromatic N) is 3. The summed E-state index contributed by atoms with van der Waals surface area (Å²) in [7, 11) is 0. The lowest BCUT2D eigenvalue weighted by molar-refractivity contribution is 0.393. The average molecular weight is 338 g/mol. The molecular weight excluding hydrogens is 323 g/mol. The van der Waals surface area contributed by atoms with Crippen molar-refractivity contribution in [2.75, 3.05) is 5.73 Å². The Bertz CT molecular complexity index is 1060. The molecule has 0 saturated heterocycles. The number of nitrogens with two attached hydrogens (primary N) is 1. The normalized spacial score (nSPS) is 11.2. The molecule has 2 N–H and O–H groups in total. The van der Waals surface area contributed by atoms with Crippen molar-refractivity contribution in [1.29, 1.82) is 0 Å². The second kappa shape index (κ2) is 5.62. The molecule has 7 heteroatoms. The number of fused-ring (bicyclic) bond motifs is 1. The van der Waals surface area contributed by atoms with E-state index in [1.54, 1.807) is 22.8 Å². The van der Waals surface area contributed by atoms with Crippen LogP contribution in [0.1, 0.15) is 11.5 Å². The molecule has 0 spiro atoms. The van der Waals surface area contributed by atoms with E-state index in [0.29, 0.717) is 22.7 Å². The minimum absolute atomic E-state index is 0.0909. The highest BCUT2D eigenvalue weighted by atomic mass is 19.1. The highest BCUT2D eigenvalue weighted by molar-refractivity contribution is 5.73. The molecule has 0 radical (unpaired) electrons. The summed E-state index contributed by atoms with van der Waals surface area (Å²) >= 11 is 0. The number of aromatic nitrogens is 3. The summed E-state index contributed by atoms with van der Waals surface area (Å²) in [4.78, 5) is 0. The summed E-state index contributed by atoms with van der Waals surface area (Å²) in [6, 6.07) is 7.92. The van der Waals surface area contributed by atoms with Gasteiger partial charge in [-0.25, -0.2) is 8.91 Å². The van der Waals surface area contributed by atoms with Crippen molar-refractivity contribution in [3.8, 4) is 22.6 Å². The van der Waals surface area contributed by atoms with E-state index in [2.05, 4.69) is 10.3 Å². The number of nitrogen functional groups attached to an aromatic ring is 1. The molecule has 0 aliphatic heterocycles. The molecule has 6 nitrogen and oxygen atoms in total. The fraction of sp³-hybridized carbons (Fsp3) is 0.111. The van der Waals surface area contributed by atoms with E-state index < -0.39 is 5.82 Å². The quantitative estimate of drug-likeness (QED) is 0.569. The Kier molecular flexibility index (Phi) is 3.42. The molecule has 4 aromatic rings. The van der Waals surface area contributed by atoms with Crippen LogP contribution < -0.4 is 10.5 Å². The fourth-order valence-corrected chi connectivity index (χ4v) is 2.83. The lowest BCUT2D eigenvalue weighted by Gasteiger charge is -2.11. The first-order valence-electron chi connectivity index (χ1n) is 7.66. The van der Waals surface area contributed by atoms with Crippen LogP contribution in [0, 0.1) is 19.7 Å². The van der Waals surface area contributed by atoms with Gasteiger partial charge in [0.2, 0.25) is 0 Å². The number of pyridine rings is 1. The van der Waals surface area contributed by atoms with Gasteiger partial charge in [-0.3, -0.25) is 0 Å². The SMILES string of the molecule is Cc1noc(C)c1-c1cc(Oc2ccc(N)cc2F)c2ccnn2c1. The number of anilines is 1. The van der Waals surface area contributed by atoms with Gasteiger partial charge in [0.15, 0.2) is 17.3 Å². The maximum atomic E-state index is 14.1. The van der Waals surface area contributed by atoms with Crippen molar-refractivity contribution in [3.63, 3.8) is 0 Å². The smallest absolute Gasteiger partial charge is 0.167 e. The van der Waals surface area contributed by atoms with E-state index in [0.717, 1.165) is 16.8 Å². The molecule has 0 atom stereocenters. The number of ether oxygens (including phenoxy) is 1. The van der Waals surface area contributed by atoms with Crippen molar-refractivity contribution in [2.24, 2.45) is 0 Å². The summed E-state index contributed by atoms with van der Waals surface area (Å²) < 4.78 is 26.8. The van der Waals surface area contributed by atoms with Gasteiger partial charge in [0.1, 0.15) is 11.3 Å². The Labute approximate surface area is 142 Å². The molecule has 3 heterocycles. The summed E-state index contributed by atoms with van der Waals surface area (Å²) in [5.74, 6) is 0.723. The lowest BCUT2D eigenvalue weighted by Crippen LogP contribution is -1.96. The zero-order valence-corrected chi connectivity index (χ0v) is 13.7. The van der Waals surface area contributed by atoms with E-state index in [9.17, 15) is 4.39 Å². The monoisotopic (exact) mass is 338 g/mol. The molecule has 0 aliphatic rings. The number of hydrogen-bond donors (Lipinski definition) is 1. The van der Waals surface area contributed by atoms with Crippen molar-refractivity contribution >= 4 is 11.2 Å². The average Bonchev–Trinajstić information content (AvgIpc) is 3.16. The highest BCUT2D eigenvalue weighted by Crippen LogP contribution is 2.35. The predicted molar refractivity (Wildman–Crippen MR) is 91.0 cm³/mol. The maximum absolute atomic E-state index is 14.1. The minimum atomic E-state index is -0.527.